The predicted molar refractivity (Wildman–Crippen MR) is 161 cm³/mol. The molecule has 0 atom stereocenters. The molecule has 0 spiro atoms. The minimum absolute atomic E-state index is 0.478. The molecule has 0 saturated carbocycles. The molecule has 2 saturated heterocycles. The van der Waals surface area contributed by atoms with Gasteiger partial charge in [-0.3, -0.25) is 0 Å². The summed E-state index contributed by atoms with van der Waals surface area (Å²) < 4.78 is 2.02. The van der Waals surface area contributed by atoms with E-state index in [0.29, 0.717) is 11.9 Å². The van der Waals surface area contributed by atoms with Gasteiger partial charge >= 0.3 is 0 Å². The number of benzene rings is 1. The first-order valence-electron chi connectivity index (χ1n) is 13.3. The van der Waals surface area contributed by atoms with E-state index >= 15 is 0 Å². The van der Waals surface area contributed by atoms with Crippen LogP contribution in [0.1, 0.15) is 36.8 Å². The summed E-state index contributed by atoms with van der Waals surface area (Å²) in [5.41, 5.74) is 16.8. The number of hydrogen-bond acceptors (Lipinski definition) is 5. The maximum atomic E-state index is 5.96. The van der Waals surface area contributed by atoms with E-state index in [2.05, 4.69) is 54.5 Å². The number of allylic oxidation sites excluding steroid dienone is 2. The van der Waals surface area contributed by atoms with E-state index in [4.69, 9.17) is 16.5 Å². The van der Waals surface area contributed by atoms with Crippen molar-refractivity contribution in [3.63, 3.8) is 0 Å². The second-order valence-electron chi connectivity index (χ2n) is 9.53. The topological polar surface area (TPSA) is 125 Å². The van der Waals surface area contributed by atoms with Crippen LogP contribution in [0.4, 0.5) is 0 Å². The molecule has 0 bridgehead atoms. The van der Waals surface area contributed by atoms with Crippen molar-refractivity contribution in [3.05, 3.63) is 72.1 Å². The van der Waals surface area contributed by atoms with Gasteiger partial charge in [0.25, 0.3) is 0 Å². The zero-order valence-corrected chi connectivity index (χ0v) is 22.0. The first-order chi connectivity index (χ1) is 19.2. The van der Waals surface area contributed by atoms with Gasteiger partial charge in [-0.15, -0.1) is 10.2 Å². The van der Waals surface area contributed by atoms with Crippen LogP contribution in [0.2, 0.25) is 0 Å². The van der Waals surface area contributed by atoms with Gasteiger partial charge in [0.2, 0.25) is 11.9 Å². The van der Waals surface area contributed by atoms with Gasteiger partial charge in [0.15, 0.2) is 0 Å². The highest BCUT2D eigenvalue weighted by Crippen LogP contribution is 2.21. The van der Waals surface area contributed by atoms with Gasteiger partial charge in [-0.25, -0.2) is 4.98 Å². The second kappa shape index (κ2) is 12.7. The lowest BCUT2D eigenvalue weighted by molar-refractivity contribution is 0.511. The number of nitrogens with zero attached hydrogens (tertiary/aromatic N) is 8. The van der Waals surface area contributed by atoms with Crippen molar-refractivity contribution in [3.8, 4) is 11.3 Å². The number of hydrogen-bond donors (Lipinski definition) is 2. The van der Waals surface area contributed by atoms with E-state index in [1.54, 1.807) is 12.4 Å². The van der Waals surface area contributed by atoms with Gasteiger partial charge in [-0.2, -0.15) is 10.2 Å². The first kappa shape index (κ1) is 25.9. The van der Waals surface area contributed by atoms with E-state index < -0.39 is 0 Å². The van der Waals surface area contributed by atoms with Crippen molar-refractivity contribution in [1.29, 1.82) is 0 Å². The fraction of sp³-hybridized carbons (Fsp3) is 0.276. The number of rotatable bonds is 7. The number of nitrogens with two attached hydrogens (primary N) is 2. The van der Waals surface area contributed by atoms with Crippen molar-refractivity contribution >= 4 is 42.1 Å². The van der Waals surface area contributed by atoms with Crippen LogP contribution in [-0.2, 0) is 0 Å². The average Bonchev–Trinajstić information content (AvgIpc) is 3.74. The van der Waals surface area contributed by atoms with E-state index in [1.807, 2.05) is 53.2 Å². The molecule has 5 rings (SSSR count). The predicted octanol–water partition coefficient (Wildman–Crippen LogP) is 3.82. The fourth-order valence-corrected chi connectivity index (χ4v) is 4.60. The third kappa shape index (κ3) is 6.98. The average molecular weight is 523 g/mol. The summed E-state index contributed by atoms with van der Waals surface area (Å²) in [6.07, 6.45) is 19.6. The van der Waals surface area contributed by atoms with Crippen LogP contribution in [0.5, 0.6) is 0 Å². The molecule has 2 aromatic heterocycles. The highest BCUT2D eigenvalue weighted by atomic mass is 15.4. The largest absolute Gasteiger partial charge is 0.368 e. The smallest absolute Gasteiger partial charge is 0.216 e. The quantitative estimate of drug-likeness (QED) is 0.277. The molecule has 1 aromatic carbocycles. The standard InChI is InChI=1S/C29H34N10/c30-28(37-17-1-2-18-37)35-32-15-5-7-23-9-12-25(13-10-23)26-22-39-21-24(11-14-27(39)34-26)8-6-16-33-36-29(31)38-19-3-4-20-38/h5-16,21-22H,1-4,17-20H2,(H2,30,35)(H2,31,36)/b7-5+,8-6+,32-15?,33-16?. The van der Waals surface area contributed by atoms with Crippen LogP contribution in [-0.4, -0.2) is 69.7 Å². The Morgan fingerprint density at radius 2 is 1.23 bits per heavy atom. The molecule has 0 aliphatic carbocycles. The molecule has 2 aliphatic rings. The van der Waals surface area contributed by atoms with E-state index in [1.165, 1.54) is 0 Å². The summed E-state index contributed by atoms with van der Waals surface area (Å²) in [7, 11) is 0. The van der Waals surface area contributed by atoms with Crippen molar-refractivity contribution < 1.29 is 0 Å². The van der Waals surface area contributed by atoms with Crippen molar-refractivity contribution in [1.82, 2.24) is 19.2 Å². The lowest BCUT2D eigenvalue weighted by Crippen LogP contribution is -2.34. The SMILES string of the molecule is NC(=NN=C/C=C/c1ccc(-c2cn3cc(/C=C/C=NN=C(N)N4CCCC4)ccc3n2)cc1)N1CCCC1. The van der Waals surface area contributed by atoms with E-state index in [0.717, 1.165) is 79.9 Å². The highest BCUT2D eigenvalue weighted by Gasteiger charge is 2.13. The first-order valence-corrected chi connectivity index (χ1v) is 13.3. The number of imidazole rings is 1. The maximum Gasteiger partial charge on any atom is 0.216 e. The summed E-state index contributed by atoms with van der Waals surface area (Å²) >= 11 is 0. The maximum absolute atomic E-state index is 5.96. The minimum atomic E-state index is 0.478. The number of aromatic nitrogens is 2. The minimum Gasteiger partial charge on any atom is -0.368 e. The monoisotopic (exact) mass is 522 g/mol. The van der Waals surface area contributed by atoms with Gasteiger partial charge in [-0.1, -0.05) is 36.4 Å². The highest BCUT2D eigenvalue weighted by molar-refractivity contribution is 5.82. The van der Waals surface area contributed by atoms with Crippen LogP contribution in [0.25, 0.3) is 29.1 Å². The number of guanidine groups is 2. The number of likely N-dealkylation sites (tertiary alicyclic amines) is 2. The van der Waals surface area contributed by atoms with Gasteiger partial charge in [0.1, 0.15) is 5.65 Å². The Kier molecular flexibility index (Phi) is 8.42. The van der Waals surface area contributed by atoms with Gasteiger partial charge in [0.05, 0.1) is 5.69 Å². The zero-order chi connectivity index (χ0) is 26.9. The summed E-state index contributed by atoms with van der Waals surface area (Å²) in [6.45, 7) is 3.82. The summed E-state index contributed by atoms with van der Waals surface area (Å²) in [4.78, 5) is 8.86. The van der Waals surface area contributed by atoms with Crippen LogP contribution < -0.4 is 11.5 Å². The van der Waals surface area contributed by atoms with E-state index in [-0.39, 0.29) is 0 Å². The van der Waals surface area contributed by atoms with Crippen LogP contribution in [0.15, 0.2) is 81.3 Å². The summed E-state index contributed by atoms with van der Waals surface area (Å²) in [5, 5.41) is 16.3. The van der Waals surface area contributed by atoms with Crippen molar-refractivity contribution in [2.45, 2.75) is 25.7 Å². The molecule has 4 N–H and O–H groups in total. The van der Waals surface area contributed by atoms with E-state index in [9.17, 15) is 0 Å². The fourth-order valence-electron chi connectivity index (χ4n) is 4.60. The Morgan fingerprint density at radius 1 is 0.692 bits per heavy atom. The molecule has 200 valence electrons. The summed E-state index contributed by atoms with van der Waals surface area (Å²) in [5.74, 6) is 0.959. The zero-order valence-electron chi connectivity index (χ0n) is 22.0. The Hall–Kier alpha value is -4.73. The Balaban J connectivity index is 1.17. The molecule has 10 heteroatoms. The van der Waals surface area contributed by atoms with Crippen molar-refractivity contribution in [2.24, 2.45) is 31.9 Å². The molecule has 0 unspecified atom stereocenters. The molecule has 39 heavy (non-hydrogen) atoms. The van der Waals surface area contributed by atoms with Gasteiger partial charge in [-0.05, 0) is 61.1 Å². The third-order valence-corrected chi connectivity index (χ3v) is 6.74. The Labute approximate surface area is 228 Å². The summed E-state index contributed by atoms with van der Waals surface area (Å²) in [6, 6.07) is 12.3. The molecule has 2 fully saturated rings. The van der Waals surface area contributed by atoms with Crippen LogP contribution >= 0.6 is 0 Å². The normalized spacial score (nSPS) is 17.4. The molecule has 3 aromatic rings. The lowest BCUT2D eigenvalue weighted by Gasteiger charge is -2.13. The number of fused-ring (bicyclic) bond motifs is 1. The molecular weight excluding hydrogens is 488 g/mol. The second-order valence-corrected chi connectivity index (χ2v) is 9.53. The van der Waals surface area contributed by atoms with Gasteiger partial charge < -0.3 is 25.7 Å². The Bertz CT molecular complexity index is 1430. The number of pyridine rings is 1. The molecular formula is C29H34N10. The molecule has 4 heterocycles. The third-order valence-electron chi connectivity index (χ3n) is 6.74. The van der Waals surface area contributed by atoms with Gasteiger partial charge in [0, 0.05) is 56.6 Å². The van der Waals surface area contributed by atoms with Crippen LogP contribution in [0.3, 0.4) is 0 Å². The molecule has 0 radical (unpaired) electrons. The van der Waals surface area contributed by atoms with Crippen LogP contribution in [0, 0.1) is 0 Å². The molecule has 2 aliphatic heterocycles. The lowest BCUT2D eigenvalue weighted by atomic mass is 10.1. The molecule has 10 nitrogen and oxygen atoms in total. The Morgan fingerprint density at radius 3 is 1.82 bits per heavy atom. The molecule has 0 amide bonds. The van der Waals surface area contributed by atoms with Crippen molar-refractivity contribution in [2.75, 3.05) is 26.2 Å².